The maximum Gasteiger partial charge on any atom is 0.219 e. The summed E-state index contributed by atoms with van der Waals surface area (Å²) in [6.07, 6.45) is 0.863. The van der Waals surface area contributed by atoms with E-state index in [4.69, 9.17) is 9.84 Å². The fourth-order valence-electron chi connectivity index (χ4n) is 4.13. The third kappa shape index (κ3) is 2.84. The number of ether oxygens (including phenoxy) is 1. The van der Waals surface area contributed by atoms with E-state index in [1.54, 1.807) is 6.92 Å². The Morgan fingerprint density at radius 1 is 1.30 bits per heavy atom. The predicted molar refractivity (Wildman–Crippen MR) is 106 cm³/mol. The highest BCUT2D eigenvalue weighted by Crippen LogP contribution is 2.42. The maximum absolute atomic E-state index is 12.0. The van der Waals surface area contributed by atoms with Crippen LogP contribution < -0.4 is 4.90 Å². The Balaban J connectivity index is 1.62. The van der Waals surface area contributed by atoms with E-state index < -0.39 is 0 Å². The molecule has 5 rings (SSSR count). The highest BCUT2D eigenvalue weighted by molar-refractivity contribution is 7.99. The number of anilines is 2. The first-order valence-electron chi connectivity index (χ1n) is 9.56. The van der Waals surface area contributed by atoms with Crippen molar-refractivity contribution in [3.05, 3.63) is 35.0 Å². The van der Waals surface area contributed by atoms with Gasteiger partial charge < -0.3 is 14.5 Å². The summed E-state index contributed by atoms with van der Waals surface area (Å²) < 4.78 is 7.61. The van der Waals surface area contributed by atoms with Crippen LogP contribution in [0.1, 0.15) is 29.8 Å². The zero-order chi connectivity index (χ0) is 18.5. The lowest BCUT2D eigenvalue weighted by molar-refractivity contribution is -0.129. The van der Waals surface area contributed by atoms with E-state index in [0.29, 0.717) is 12.6 Å². The second-order valence-electron chi connectivity index (χ2n) is 7.55. The Morgan fingerprint density at radius 2 is 2.15 bits per heavy atom. The summed E-state index contributed by atoms with van der Waals surface area (Å²) in [7, 11) is 0. The number of amides is 1. The largest absolute Gasteiger partial charge is 0.377 e. The van der Waals surface area contributed by atoms with Crippen molar-refractivity contribution >= 4 is 29.2 Å². The first kappa shape index (κ1) is 17.1. The molecule has 0 spiro atoms. The number of fused-ring (bicyclic) bond motifs is 2. The normalized spacial score (nSPS) is 19.5. The molecule has 0 saturated carbocycles. The van der Waals surface area contributed by atoms with E-state index in [9.17, 15) is 4.79 Å². The maximum atomic E-state index is 12.0. The van der Waals surface area contributed by atoms with Crippen molar-refractivity contribution in [1.82, 2.24) is 14.7 Å². The summed E-state index contributed by atoms with van der Waals surface area (Å²) in [6, 6.07) is 6.97. The first-order valence-corrected chi connectivity index (χ1v) is 10.5. The molecule has 0 N–H and O–H groups in total. The van der Waals surface area contributed by atoms with Gasteiger partial charge in [0.1, 0.15) is 0 Å². The van der Waals surface area contributed by atoms with Crippen LogP contribution in [-0.4, -0.2) is 52.6 Å². The SMILES string of the molecule is CC(=O)N1CCc2c(c(N3CCSc4ccc(C)cc43)nn2C2COC2)C1. The average Bonchev–Trinajstić information content (AvgIpc) is 2.98. The van der Waals surface area contributed by atoms with E-state index in [2.05, 4.69) is 34.7 Å². The number of rotatable bonds is 2. The van der Waals surface area contributed by atoms with Crippen LogP contribution in [0.5, 0.6) is 0 Å². The third-order valence-corrected chi connectivity index (χ3v) is 6.75. The Labute approximate surface area is 163 Å². The summed E-state index contributed by atoms with van der Waals surface area (Å²) in [5.41, 5.74) is 4.99. The van der Waals surface area contributed by atoms with Gasteiger partial charge in [0, 0.05) is 48.3 Å². The molecular formula is C20H24N4O2S. The van der Waals surface area contributed by atoms with Gasteiger partial charge in [0.25, 0.3) is 0 Å². The molecule has 1 fully saturated rings. The summed E-state index contributed by atoms with van der Waals surface area (Å²) >= 11 is 1.91. The van der Waals surface area contributed by atoms with E-state index in [0.717, 1.165) is 44.3 Å². The molecule has 0 radical (unpaired) electrons. The van der Waals surface area contributed by atoms with Crippen molar-refractivity contribution in [2.24, 2.45) is 0 Å². The second kappa shape index (κ2) is 6.56. The topological polar surface area (TPSA) is 50.6 Å². The molecule has 1 amide bonds. The molecular weight excluding hydrogens is 360 g/mol. The number of hydrogen-bond acceptors (Lipinski definition) is 5. The molecule has 0 atom stereocenters. The van der Waals surface area contributed by atoms with Gasteiger partial charge in [-0.05, 0) is 24.6 Å². The lowest BCUT2D eigenvalue weighted by atomic mass is 10.1. The number of aromatic nitrogens is 2. The van der Waals surface area contributed by atoms with E-state index in [-0.39, 0.29) is 5.91 Å². The minimum atomic E-state index is 0.136. The van der Waals surface area contributed by atoms with Crippen molar-refractivity contribution < 1.29 is 9.53 Å². The van der Waals surface area contributed by atoms with Crippen LogP contribution >= 0.6 is 11.8 Å². The van der Waals surface area contributed by atoms with Crippen LogP contribution in [0, 0.1) is 6.92 Å². The molecule has 1 aromatic heterocycles. The van der Waals surface area contributed by atoms with Gasteiger partial charge in [-0.25, -0.2) is 0 Å². The number of thioether (sulfide) groups is 1. The second-order valence-corrected chi connectivity index (χ2v) is 8.68. The number of benzene rings is 1. The molecule has 1 aromatic carbocycles. The Bertz CT molecular complexity index is 906. The Morgan fingerprint density at radius 3 is 2.89 bits per heavy atom. The van der Waals surface area contributed by atoms with Crippen LogP contribution in [0.2, 0.25) is 0 Å². The molecule has 2 aromatic rings. The lowest BCUT2D eigenvalue weighted by Crippen LogP contribution is -2.37. The molecule has 4 heterocycles. The minimum Gasteiger partial charge on any atom is -0.377 e. The predicted octanol–water partition coefficient (Wildman–Crippen LogP) is 2.91. The van der Waals surface area contributed by atoms with Crippen molar-refractivity contribution in [3.8, 4) is 0 Å². The van der Waals surface area contributed by atoms with Crippen molar-refractivity contribution in [1.29, 1.82) is 0 Å². The number of hydrogen-bond donors (Lipinski definition) is 0. The average molecular weight is 385 g/mol. The number of carbonyl (C=O) groups is 1. The van der Waals surface area contributed by atoms with Gasteiger partial charge in [-0.3, -0.25) is 9.48 Å². The molecule has 6 nitrogen and oxygen atoms in total. The summed E-state index contributed by atoms with van der Waals surface area (Å²) in [5, 5.41) is 5.08. The Kier molecular flexibility index (Phi) is 4.16. The van der Waals surface area contributed by atoms with Gasteiger partial charge >= 0.3 is 0 Å². The molecule has 1 saturated heterocycles. The van der Waals surface area contributed by atoms with Gasteiger partial charge in [0.05, 0.1) is 31.5 Å². The third-order valence-electron chi connectivity index (χ3n) is 5.71. The van der Waals surface area contributed by atoms with Gasteiger partial charge in [0.15, 0.2) is 5.82 Å². The molecule has 142 valence electrons. The lowest BCUT2D eigenvalue weighted by Gasteiger charge is -2.32. The van der Waals surface area contributed by atoms with Crippen LogP contribution in [0.4, 0.5) is 11.5 Å². The minimum absolute atomic E-state index is 0.136. The van der Waals surface area contributed by atoms with Crippen molar-refractivity contribution in [3.63, 3.8) is 0 Å². The quantitative estimate of drug-likeness (QED) is 0.797. The monoisotopic (exact) mass is 384 g/mol. The fourth-order valence-corrected chi connectivity index (χ4v) is 5.10. The summed E-state index contributed by atoms with van der Waals surface area (Å²) in [6.45, 7) is 7.61. The summed E-state index contributed by atoms with van der Waals surface area (Å²) in [5.74, 6) is 2.20. The Hall–Kier alpha value is -1.99. The molecule has 3 aliphatic heterocycles. The first-order chi connectivity index (χ1) is 13.1. The molecule has 27 heavy (non-hydrogen) atoms. The van der Waals surface area contributed by atoms with Gasteiger partial charge in [-0.1, -0.05) is 6.07 Å². The molecule has 7 heteroatoms. The van der Waals surface area contributed by atoms with Crippen LogP contribution in [0.3, 0.4) is 0 Å². The van der Waals surface area contributed by atoms with Crippen molar-refractivity contribution in [2.75, 3.05) is 37.0 Å². The summed E-state index contributed by atoms with van der Waals surface area (Å²) in [4.78, 5) is 17.6. The van der Waals surface area contributed by atoms with E-state index in [1.807, 2.05) is 16.7 Å². The van der Waals surface area contributed by atoms with Crippen molar-refractivity contribution in [2.45, 2.75) is 37.8 Å². The standard InChI is InChI=1S/C20H24N4O2S/c1-13-3-4-19-18(9-13)23(7-8-27-19)20-16-10-22(14(2)25)6-5-17(16)24(21-20)15-11-26-12-15/h3-4,9,15H,5-8,10-12H2,1-2H3. The highest BCUT2D eigenvalue weighted by atomic mass is 32.2. The zero-order valence-corrected chi connectivity index (χ0v) is 16.6. The van der Waals surface area contributed by atoms with Crippen LogP contribution in [0.15, 0.2) is 23.1 Å². The van der Waals surface area contributed by atoms with E-state index in [1.165, 1.54) is 27.4 Å². The van der Waals surface area contributed by atoms with E-state index >= 15 is 0 Å². The molecule has 0 unspecified atom stereocenters. The highest BCUT2D eigenvalue weighted by Gasteiger charge is 2.34. The zero-order valence-electron chi connectivity index (χ0n) is 15.8. The smallest absolute Gasteiger partial charge is 0.219 e. The fraction of sp³-hybridized carbons (Fsp3) is 0.500. The molecule has 0 aliphatic carbocycles. The van der Waals surface area contributed by atoms with Gasteiger partial charge in [-0.15, -0.1) is 11.8 Å². The number of aryl methyl sites for hydroxylation is 1. The molecule has 0 bridgehead atoms. The number of carbonyl (C=O) groups excluding carboxylic acids is 1. The van der Waals surface area contributed by atoms with Crippen LogP contribution in [-0.2, 0) is 22.5 Å². The molecule has 3 aliphatic rings. The van der Waals surface area contributed by atoms with Gasteiger partial charge in [-0.2, -0.15) is 5.10 Å². The van der Waals surface area contributed by atoms with Gasteiger partial charge in [0.2, 0.25) is 5.91 Å². The number of nitrogens with zero attached hydrogens (tertiary/aromatic N) is 4. The van der Waals surface area contributed by atoms with Crippen LogP contribution in [0.25, 0.3) is 0 Å².